The first-order valence-electron chi connectivity index (χ1n) is 31.6. The van der Waals surface area contributed by atoms with Gasteiger partial charge in [0.15, 0.2) is 29.6 Å². The van der Waals surface area contributed by atoms with Crippen molar-refractivity contribution in [3.8, 4) is 34.5 Å². The molecule has 93 heavy (non-hydrogen) atoms. The summed E-state index contributed by atoms with van der Waals surface area (Å²) in [6, 6.07) is 20.8. The molecule has 6 rings (SSSR count). The zero-order valence-corrected chi connectivity index (χ0v) is 56.1. The molecule has 0 spiro atoms. The highest BCUT2D eigenvalue weighted by Gasteiger charge is 2.38. The molecule has 0 unspecified atom stereocenters. The number of piperidine rings is 1. The molecule has 0 aliphatic carbocycles. The van der Waals surface area contributed by atoms with Gasteiger partial charge in [-0.2, -0.15) is 5.10 Å². The monoisotopic (exact) mass is 1340 g/mol. The fourth-order valence-corrected chi connectivity index (χ4v) is 10.6. The van der Waals surface area contributed by atoms with Gasteiger partial charge in [0.05, 0.1) is 143 Å². The number of hydrogen-bond acceptors (Lipinski definition) is 20. The smallest absolute Gasteiger partial charge is 0.329 e. The zero-order chi connectivity index (χ0) is 66.7. The fourth-order valence-electron chi connectivity index (χ4n) is 10.3. The van der Waals surface area contributed by atoms with Crippen LogP contribution < -0.4 is 49.4 Å². The Morgan fingerprint density at radius 2 is 1.26 bits per heavy atom. The number of halogens is 2. The second-order valence-electron chi connectivity index (χ2n) is 21.8. The summed E-state index contributed by atoms with van der Waals surface area (Å²) in [7, 11) is 7.72. The van der Waals surface area contributed by atoms with Crippen LogP contribution in [-0.2, 0) is 63.6 Å². The third-order valence-corrected chi connectivity index (χ3v) is 16.0. The number of carbonyl (C=O) groups excluding carboxylic acids is 5. The van der Waals surface area contributed by atoms with E-state index >= 15 is 0 Å². The van der Waals surface area contributed by atoms with Crippen molar-refractivity contribution < 1.29 is 85.6 Å². The molecular formula is C67H92Cl2N6O18. The molecule has 3 N–H and O–H groups in total. The number of nitrogens with one attached hydrogen (secondary N) is 3. The molecule has 2 aliphatic rings. The topological polar surface area (TPSA) is 260 Å². The number of benzene rings is 4. The SMILES string of the molecule is CC[C@H](C(=O)N1CCCC[C@H]1C(=O)O[C@@H](CCc1ccc(OC)c(OC)c1)c1cccc(OCC(=O)NCCOCCOCCOCCOCCOCCOCCC(=O)NCCCC(=O)NC2=NN(c3ccc(Cl)c(Cl)c3)C[C@H]2C)c1)c1cc(OC)c(OC)c(OC)c1. The lowest BCUT2D eigenvalue weighted by Crippen LogP contribution is -2.50. The lowest BCUT2D eigenvalue weighted by molar-refractivity contribution is -0.162. The minimum absolute atomic E-state index is 0.0195. The minimum Gasteiger partial charge on any atom is -0.493 e. The maximum Gasteiger partial charge on any atom is 0.329 e. The number of hydrogen-bond donors (Lipinski definition) is 3. The van der Waals surface area contributed by atoms with Crippen LogP contribution in [0, 0.1) is 5.92 Å². The van der Waals surface area contributed by atoms with Gasteiger partial charge in [-0.25, -0.2) is 4.79 Å². The predicted octanol–water partition coefficient (Wildman–Crippen LogP) is 8.30. The number of hydrazone groups is 1. The van der Waals surface area contributed by atoms with Crippen LogP contribution in [0.2, 0.25) is 10.0 Å². The van der Waals surface area contributed by atoms with Crippen molar-refractivity contribution in [3.63, 3.8) is 0 Å². The van der Waals surface area contributed by atoms with Gasteiger partial charge in [-0.05, 0) is 116 Å². The highest BCUT2D eigenvalue weighted by Crippen LogP contribution is 2.42. The maximum atomic E-state index is 14.5. The van der Waals surface area contributed by atoms with E-state index in [2.05, 4.69) is 21.1 Å². The number of nitrogens with zero attached hydrogens (tertiary/aromatic N) is 3. The van der Waals surface area contributed by atoms with E-state index in [1.165, 1.54) is 21.3 Å². The van der Waals surface area contributed by atoms with Crippen molar-refractivity contribution in [2.45, 2.75) is 89.7 Å². The van der Waals surface area contributed by atoms with E-state index in [0.717, 1.165) is 24.1 Å². The average Bonchev–Trinajstić information content (AvgIpc) is 1.08. The Bertz CT molecular complexity index is 2990. The fraction of sp³-hybridized carbons (Fsp3) is 0.552. The lowest BCUT2D eigenvalue weighted by atomic mass is 9.91. The summed E-state index contributed by atoms with van der Waals surface area (Å²) < 4.78 is 73.5. The van der Waals surface area contributed by atoms with Gasteiger partial charge in [0.2, 0.25) is 23.5 Å². The number of esters is 1. The molecule has 4 aromatic rings. The lowest BCUT2D eigenvalue weighted by Gasteiger charge is -2.37. The number of likely N-dealkylation sites (tertiary alicyclic amines) is 1. The maximum absolute atomic E-state index is 14.5. The van der Waals surface area contributed by atoms with Crippen LogP contribution in [0.15, 0.2) is 77.9 Å². The number of amidine groups is 1. The van der Waals surface area contributed by atoms with Crippen LogP contribution in [0.5, 0.6) is 34.5 Å². The molecule has 2 heterocycles. The highest BCUT2D eigenvalue weighted by molar-refractivity contribution is 6.42. The molecule has 0 radical (unpaired) electrons. The summed E-state index contributed by atoms with van der Waals surface area (Å²) in [5.41, 5.74) is 3.05. The van der Waals surface area contributed by atoms with Gasteiger partial charge in [-0.1, -0.05) is 55.2 Å². The van der Waals surface area contributed by atoms with Gasteiger partial charge >= 0.3 is 5.97 Å². The molecule has 2 aliphatic heterocycles. The van der Waals surface area contributed by atoms with Gasteiger partial charge in [0.25, 0.3) is 5.91 Å². The van der Waals surface area contributed by atoms with Crippen LogP contribution in [-0.4, -0.2) is 194 Å². The van der Waals surface area contributed by atoms with Crippen molar-refractivity contribution in [2.75, 3.05) is 153 Å². The van der Waals surface area contributed by atoms with Crippen molar-refractivity contribution in [1.29, 1.82) is 0 Å². The summed E-state index contributed by atoms with van der Waals surface area (Å²) in [6.07, 6.45) is 3.44. The number of aryl methyl sites for hydroxylation is 1. The van der Waals surface area contributed by atoms with Crippen LogP contribution in [0.3, 0.4) is 0 Å². The first kappa shape index (κ1) is 74.9. The van der Waals surface area contributed by atoms with Gasteiger partial charge < -0.3 is 82.4 Å². The molecule has 4 atom stereocenters. The van der Waals surface area contributed by atoms with Crippen molar-refractivity contribution >= 4 is 64.3 Å². The number of carbonyl (C=O) groups is 5. The van der Waals surface area contributed by atoms with Crippen molar-refractivity contribution in [2.24, 2.45) is 11.0 Å². The molecule has 26 heteroatoms. The molecule has 24 nitrogen and oxygen atoms in total. The molecule has 4 aromatic carbocycles. The predicted molar refractivity (Wildman–Crippen MR) is 350 cm³/mol. The Balaban J connectivity index is 0.789. The highest BCUT2D eigenvalue weighted by atomic mass is 35.5. The van der Waals surface area contributed by atoms with Crippen molar-refractivity contribution in [3.05, 3.63) is 99.5 Å². The van der Waals surface area contributed by atoms with Crippen LogP contribution in [0.4, 0.5) is 5.69 Å². The second kappa shape index (κ2) is 41.5. The van der Waals surface area contributed by atoms with Crippen LogP contribution in [0.1, 0.15) is 93.9 Å². The number of rotatable bonds is 43. The van der Waals surface area contributed by atoms with Crippen LogP contribution in [0.25, 0.3) is 0 Å². The zero-order valence-electron chi connectivity index (χ0n) is 54.6. The Hall–Kier alpha value is -7.16. The molecule has 512 valence electrons. The van der Waals surface area contributed by atoms with Crippen molar-refractivity contribution in [1.82, 2.24) is 20.9 Å². The number of amides is 4. The molecule has 0 bridgehead atoms. The summed E-state index contributed by atoms with van der Waals surface area (Å²) in [4.78, 5) is 68.3. The van der Waals surface area contributed by atoms with E-state index < -0.39 is 24.0 Å². The standard InChI is InChI=1S/C67H92Cl2N6O18/c1-8-52(49-41-59(83-5)64(85-7)60(42-49)84-6)66(79)74-26-10-9-15-55(74)67(80)93-56(21-17-47-18-22-57(81-3)58(39-47)82-4)48-13-11-14-51(40-48)92-45-63(78)71-25-28-87-30-32-89-34-36-91-38-37-90-35-33-88-31-29-86-27-23-61(76)70-24-12-16-62(77)72-65-46(2)44-75(73-65)50-19-20-53(68)54(69)43-50/h11,13-14,18-20,22,39-43,46,52,55-56H,8-10,12,15-17,21,23-38,44-45H2,1-7H3,(H,70,76)(H,71,78)(H,72,73,77)/t46-,52+,55+,56+/m1/s1. The van der Waals surface area contributed by atoms with Gasteiger partial charge in [0, 0.05) is 38.4 Å². The molecule has 0 saturated carbocycles. The van der Waals surface area contributed by atoms with Gasteiger partial charge in [-0.15, -0.1) is 0 Å². The van der Waals surface area contributed by atoms with E-state index in [9.17, 15) is 24.0 Å². The summed E-state index contributed by atoms with van der Waals surface area (Å²) in [5.74, 6) is 1.47. The third-order valence-electron chi connectivity index (χ3n) is 15.3. The normalized spacial score (nSPS) is 15.2. The Labute approximate surface area is 555 Å². The van der Waals surface area contributed by atoms with E-state index in [1.807, 2.05) is 44.2 Å². The summed E-state index contributed by atoms with van der Waals surface area (Å²) in [5, 5.41) is 15.7. The van der Waals surface area contributed by atoms with E-state index in [1.54, 1.807) is 66.6 Å². The van der Waals surface area contributed by atoms with E-state index in [0.29, 0.717) is 179 Å². The van der Waals surface area contributed by atoms with Gasteiger partial charge in [0.1, 0.15) is 23.7 Å². The quantitative estimate of drug-likeness (QED) is 0.0278. The average molecular weight is 1340 g/mol. The summed E-state index contributed by atoms with van der Waals surface area (Å²) >= 11 is 12.2. The number of anilines is 1. The van der Waals surface area contributed by atoms with Gasteiger partial charge in [-0.3, -0.25) is 24.2 Å². The number of ether oxygens (including phenoxy) is 13. The first-order chi connectivity index (χ1) is 45.2. The molecule has 1 fully saturated rings. The Kier molecular flexibility index (Phi) is 33.4. The molecule has 4 amide bonds. The van der Waals surface area contributed by atoms with Crippen LogP contribution >= 0.6 is 23.2 Å². The molecule has 1 saturated heterocycles. The Morgan fingerprint density at radius 1 is 0.624 bits per heavy atom. The van der Waals surface area contributed by atoms with E-state index in [-0.39, 0.29) is 68.8 Å². The second-order valence-corrected chi connectivity index (χ2v) is 22.6. The minimum atomic E-state index is -0.819. The first-order valence-corrected chi connectivity index (χ1v) is 32.3. The summed E-state index contributed by atoms with van der Waals surface area (Å²) in [6.45, 7) is 9.49. The molecule has 0 aromatic heterocycles. The Morgan fingerprint density at radius 3 is 1.88 bits per heavy atom. The largest absolute Gasteiger partial charge is 0.493 e. The third kappa shape index (κ3) is 24.9. The van der Waals surface area contributed by atoms with E-state index in [4.69, 9.17) is 84.8 Å². The molecular weight excluding hydrogens is 1250 g/mol. The number of methoxy groups -OCH3 is 5.